The van der Waals surface area contributed by atoms with Crippen LogP contribution in [0.3, 0.4) is 0 Å². The van der Waals surface area contributed by atoms with Gasteiger partial charge in [-0.1, -0.05) is 72.8 Å². The van der Waals surface area contributed by atoms with Crippen molar-refractivity contribution in [3.05, 3.63) is 95.6 Å². The van der Waals surface area contributed by atoms with Crippen LogP contribution < -0.4 is 15.9 Å². The standard InChI is InChI=1S/C25H28BN2O3/c27-14-23(29)22-12-7-13-24-25(22)26-31-21(18-30-24)17-28(15-19-8-3-1-4-9-19)16-20-10-5-2-6-11-20/h1-13,21,23,29H,14-18,27H2/t21-,23?/m1/s1. The van der Waals surface area contributed by atoms with Crippen molar-refractivity contribution >= 4 is 12.9 Å². The van der Waals surface area contributed by atoms with E-state index in [1.54, 1.807) is 7.48 Å². The minimum absolute atomic E-state index is 0.136. The Morgan fingerprint density at radius 1 is 0.935 bits per heavy atom. The van der Waals surface area contributed by atoms with Crippen molar-refractivity contribution < 1.29 is 14.5 Å². The molecule has 6 heteroatoms. The molecule has 0 saturated heterocycles. The summed E-state index contributed by atoms with van der Waals surface area (Å²) in [6.45, 7) is 2.93. The number of rotatable bonds is 8. The number of aliphatic hydroxyl groups excluding tert-OH is 1. The highest BCUT2D eigenvalue weighted by molar-refractivity contribution is 6.49. The van der Waals surface area contributed by atoms with Crippen molar-refractivity contribution in [2.24, 2.45) is 5.73 Å². The van der Waals surface area contributed by atoms with Crippen LogP contribution in [0.4, 0.5) is 0 Å². The molecule has 1 radical (unpaired) electrons. The Morgan fingerprint density at radius 3 is 2.19 bits per heavy atom. The molecule has 0 fully saturated rings. The molecule has 1 aliphatic heterocycles. The van der Waals surface area contributed by atoms with Crippen LogP contribution in [-0.2, 0) is 17.7 Å². The Hall–Kier alpha value is -2.64. The molecular weight excluding hydrogens is 387 g/mol. The minimum Gasteiger partial charge on any atom is -0.491 e. The maximum atomic E-state index is 10.3. The largest absolute Gasteiger partial charge is 0.491 e. The van der Waals surface area contributed by atoms with Gasteiger partial charge in [0, 0.05) is 26.2 Å². The predicted octanol–water partition coefficient (Wildman–Crippen LogP) is 2.40. The summed E-state index contributed by atoms with van der Waals surface area (Å²) < 4.78 is 12.2. The first-order valence-electron chi connectivity index (χ1n) is 10.7. The topological polar surface area (TPSA) is 68.0 Å². The van der Waals surface area contributed by atoms with Crippen molar-refractivity contribution in [2.45, 2.75) is 25.3 Å². The van der Waals surface area contributed by atoms with Gasteiger partial charge in [-0.05, 0) is 28.2 Å². The third kappa shape index (κ3) is 5.74. The zero-order valence-electron chi connectivity index (χ0n) is 17.6. The molecule has 3 aromatic carbocycles. The fourth-order valence-electron chi connectivity index (χ4n) is 3.87. The van der Waals surface area contributed by atoms with E-state index < -0.39 is 6.10 Å². The maximum Gasteiger partial charge on any atom is 0.334 e. The summed E-state index contributed by atoms with van der Waals surface area (Å²) in [6.07, 6.45) is -0.884. The smallest absolute Gasteiger partial charge is 0.334 e. The van der Waals surface area contributed by atoms with Crippen LogP contribution in [0.15, 0.2) is 78.9 Å². The molecule has 5 nitrogen and oxygen atoms in total. The average Bonchev–Trinajstić information content (AvgIpc) is 3.02. The SMILES string of the molecule is NCC(O)c1cccc2c1[B]O[C@H](CN(Cc1ccccc1)Cc1ccccc1)CO2. The Morgan fingerprint density at radius 2 is 1.58 bits per heavy atom. The minimum atomic E-state index is -0.748. The second kappa shape index (κ2) is 10.6. The van der Waals surface area contributed by atoms with E-state index in [1.165, 1.54) is 11.1 Å². The normalized spacial score (nSPS) is 16.7. The number of nitrogens with two attached hydrogens (primary N) is 1. The van der Waals surface area contributed by atoms with E-state index in [2.05, 4.69) is 53.4 Å². The number of fused-ring (bicyclic) bond motifs is 1. The van der Waals surface area contributed by atoms with Crippen LogP contribution >= 0.6 is 0 Å². The summed E-state index contributed by atoms with van der Waals surface area (Å²) in [6, 6.07) is 26.5. The van der Waals surface area contributed by atoms with Gasteiger partial charge in [0.1, 0.15) is 12.4 Å². The van der Waals surface area contributed by atoms with Gasteiger partial charge in [-0.15, -0.1) is 0 Å². The van der Waals surface area contributed by atoms with Crippen molar-refractivity contribution in [3.8, 4) is 5.75 Å². The Bertz CT molecular complexity index is 914. The van der Waals surface area contributed by atoms with Crippen LogP contribution in [-0.4, -0.2) is 43.3 Å². The zero-order chi connectivity index (χ0) is 21.5. The molecule has 2 atom stereocenters. The fourth-order valence-corrected chi connectivity index (χ4v) is 3.87. The van der Waals surface area contributed by atoms with E-state index in [1.807, 2.05) is 30.3 Å². The summed E-state index contributed by atoms with van der Waals surface area (Å²) in [5.41, 5.74) is 9.67. The molecule has 159 valence electrons. The molecule has 1 aliphatic rings. The maximum absolute atomic E-state index is 10.3. The van der Waals surface area contributed by atoms with Gasteiger partial charge in [-0.2, -0.15) is 0 Å². The highest BCUT2D eigenvalue weighted by atomic mass is 16.5. The Labute approximate surface area is 184 Å². The van der Waals surface area contributed by atoms with Gasteiger partial charge in [0.25, 0.3) is 0 Å². The molecule has 1 unspecified atom stereocenters. The molecule has 0 bridgehead atoms. The second-order valence-corrected chi connectivity index (χ2v) is 7.84. The first kappa shape index (κ1) is 21.6. The Kier molecular flexibility index (Phi) is 7.38. The predicted molar refractivity (Wildman–Crippen MR) is 123 cm³/mol. The van der Waals surface area contributed by atoms with Gasteiger partial charge < -0.3 is 20.2 Å². The first-order valence-corrected chi connectivity index (χ1v) is 10.7. The van der Waals surface area contributed by atoms with Crippen LogP contribution in [0.25, 0.3) is 0 Å². The van der Waals surface area contributed by atoms with E-state index in [4.69, 9.17) is 15.1 Å². The number of benzene rings is 3. The molecule has 0 aliphatic carbocycles. The molecule has 4 rings (SSSR count). The molecule has 0 saturated carbocycles. The van der Waals surface area contributed by atoms with E-state index in [-0.39, 0.29) is 12.6 Å². The van der Waals surface area contributed by atoms with Gasteiger partial charge in [-0.3, -0.25) is 4.90 Å². The molecule has 1 heterocycles. The van der Waals surface area contributed by atoms with Crippen LogP contribution in [0.5, 0.6) is 5.75 Å². The van der Waals surface area contributed by atoms with Gasteiger partial charge >= 0.3 is 7.48 Å². The number of ether oxygens (including phenoxy) is 1. The Balaban J connectivity index is 1.48. The summed E-state index contributed by atoms with van der Waals surface area (Å²) in [5.74, 6) is 0.713. The summed E-state index contributed by atoms with van der Waals surface area (Å²) >= 11 is 0. The van der Waals surface area contributed by atoms with Gasteiger partial charge in [-0.25, -0.2) is 0 Å². The highest BCUT2D eigenvalue weighted by Gasteiger charge is 2.25. The lowest BCUT2D eigenvalue weighted by Crippen LogP contribution is -2.37. The highest BCUT2D eigenvalue weighted by Crippen LogP contribution is 2.20. The molecule has 3 N–H and O–H groups in total. The zero-order valence-corrected chi connectivity index (χ0v) is 17.6. The van der Waals surface area contributed by atoms with E-state index in [0.717, 1.165) is 24.1 Å². The van der Waals surface area contributed by atoms with Crippen LogP contribution in [0, 0.1) is 0 Å². The molecular formula is C25H28BN2O3. The monoisotopic (exact) mass is 415 g/mol. The van der Waals surface area contributed by atoms with E-state index >= 15 is 0 Å². The molecule has 0 amide bonds. The van der Waals surface area contributed by atoms with Crippen molar-refractivity contribution in [3.63, 3.8) is 0 Å². The fraction of sp³-hybridized carbons (Fsp3) is 0.280. The molecule has 0 aromatic heterocycles. The average molecular weight is 415 g/mol. The molecule has 31 heavy (non-hydrogen) atoms. The third-order valence-corrected chi connectivity index (χ3v) is 5.45. The molecule has 0 spiro atoms. The number of aliphatic hydroxyl groups is 1. The summed E-state index contributed by atoms with van der Waals surface area (Å²) in [5, 5.41) is 10.3. The van der Waals surface area contributed by atoms with E-state index in [9.17, 15) is 5.11 Å². The van der Waals surface area contributed by atoms with E-state index in [0.29, 0.717) is 18.9 Å². The number of hydrogen-bond acceptors (Lipinski definition) is 5. The lowest BCUT2D eigenvalue weighted by atomic mass is 9.81. The van der Waals surface area contributed by atoms with Gasteiger partial charge in [0.2, 0.25) is 0 Å². The summed E-state index contributed by atoms with van der Waals surface area (Å²) in [7, 11) is 1.71. The second-order valence-electron chi connectivity index (χ2n) is 7.84. The first-order chi connectivity index (χ1) is 15.2. The van der Waals surface area contributed by atoms with Gasteiger partial charge in [0.15, 0.2) is 0 Å². The van der Waals surface area contributed by atoms with Crippen LogP contribution in [0.1, 0.15) is 22.8 Å². The van der Waals surface area contributed by atoms with Crippen molar-refractivity contribution in [1.29, 1.82) is 0 Å². The quantitative estimate of drug-likeness (QED) is 0.553. The lowest BCUT2D eigenvalue weighted by Gasteiger charge is -2.27. The number of nitrogens with zero attached hydrogens (tertiary/aromatic N) is 1. The molecule has 3 aromatic rings. The van der Waals surface area contributed by atoms with Crippen molar-refractivity contribution in [2.75, 3.05) is 19.7 Å². The summed E-state index contributed by atoms with van der Waals surface area (Å²) in [4.78, 5) is 2.37. The van der Waals surface area contributed by atoms with Gasteiger partial charge in [0.05, 0.1) is 12.2 Å². The van der Waals surface area contributed by atoms with Crippen molar-refractivity contribution in [1.82, 2.24) is 4.90 Å². The third-order valence-electron chi connectivity index (χ3n) is 5.45. The number of hydrogen-bond donors (Lipinski definition) is 2. The lowest BCUT2D eigenvalue weighted by molar-refractivity contribution is 0.0899. The van der Waals surface area contributed by atoms with Crippen LogP contribution in [0.2, 0.25) is 0 Å².